The van der Waals surface area contributed by atoms with Crippen LogP contribution in [0.5, 0.6) is 5.88 Å². The molecule has 1 aliphatic rings. The number of amides is 1. The highest BCUT2D eigenvalue weighted by Gasteiger charge is 2.29. The zero-order chi connectivity index (χ0) is 18.4. The lowest BCUT2D eigenvalue weighted by Crippen LogP contribution is -2.32. The molecule has 134 valence electrons. The van der Waals surface area contributed by atoms with Gasteiger partial charge in [-0.05, 0) is 24.3 Å². The summed E-state index contributed by atoms with van der Waals surface area (Å²) in [5.74, 6) is -0.0506. The van der Waals surface area contributed by atoms with E-state index in [2.05, 4.69) is 15.0 Å². The van der Waals surface area contributed by atoms with Crippen molar-refractivity contribution in [1.82, 2.24) is 19.5 Å². The lowest BCUT2D eigenvalue weighted by molar-refractivity contribution is 0.0989. The molecule has 0 N–H and O–H groups in total. The second-order valence-corrected chi connectivity index (χ2v) is 7.12. The number of aromatic nitrogens is 4. The van der Waals surface area contributed by atoms with E-state index in [0.717, 1.165) is 21.7 Å². The molecule has 0 spiro atoms. The maximum absolute atomic E-state index is 13.1. The van der Waals surface area contributed by atoms with Crippen molar-refractivity contribution in [2.45, 2.75) is 0 Å². The van der Waals surface area contributed by atoms with E-state index >= 15 is 0 Å². The van der Waals surface area contributed by atoms with Crippen LogP contribution >= 0.6 is 22.9 Å². The van der Waals surface area contributed by atoms with Crippen LogP contribution in [-0.2, 0) is 0 Å². The molecule has 0 bridgehead atoms. The molecule has 0 radical (unpaired) electrons. The van der Waals surface area contributed by atoms with E-state index in [1.54, 1.807) is 22.4 Å². The van der Waals surface area contributed by atoms with Gasteiger partial charge in [0.05, 0.1) is 12.1 Å². The predicted molar refractivity (Wildman–Crippen MR) is 103 cm³/mol. The van der Waals surface area contributed by atoms with Gasteiger partial charge in [0, 0.05) is 28.8 Å². The van der Waals surface area contributed by atoms with E-state index in [1.165, 1.54) is 6.33 Å². The van der Waals surface area contributed by atoms with Crippen LogP contribution in [-0.4, -0.2) is 38.6 Å². The molecule has 5 rings (SSSR count). The summed E-state index contributed by atoms with van der Waals surface area (Å²) in [7, 11) is 0. The van der Waals surface area contributed by atoms with Gasteiger partial charge < -0.3 is 9.64 Å². The molecule has 0 atom stereocenters. The number of ether oxygens (including phenoxy) is 1. The second-order valence-electron chi connectivity index (χ2n) is 5.89. The topological polar surface area (TPSA) is 73.1 Å². The van der Waals surface area contributed by atoms with Gasteiger partial charge in [-0.15, -0.1) is 11.3 Å². The zero-order valence-electron chi connectivity index (χ0n) is 13.9. The number of rotatable bonds is 2. The first kappa shape index (κ1) is 16.2. The maximum atomic E-state index is 13.1. The van der Waals surface area contributed by atoms with Crippen LogP contribution in [0.3, 0.4) is 0 Å². The number of hydrogen-bond acceptors (Lipinski definition) is 6. The highest BCUT2D eigenvalue weighted by atomic mass is 35.5. The second kappa shape index (κ2) is 6.33. The highest BCUT2D eigenvalue weighted by molar-refractivity contribution is 7.12. The third-order valence-corrected chi connectivity index (χ3v) is 5.45. The third-order valence-electron chi connectivity index (χ3n) is 4.39. The minimum Gasteiger partial charge on any atom is -0.475 e. The summed E-state index contributed by atoms with van der Waals surface area (Å²) >= 11 is 7.70. The zero-order valence-corrected chi connectivity index (χ0v) is 15.4. The molecule has 1 aromatic carbocycles. The van der Waals surface area contributed by atoms with Gasteiger partial charge in [0.2, 0.25) is 5.88 Å². The number of thiazole rings is 1. The fourth-order valence-electron chi connectivity index (χ4n) is 3.15. The van der Waals surface area contributed by atoms with Crippen LogP contribution in [0.25, 0.3) is 16.0 Å². The van der Waals surface area contributed by atoms with Gasteiger partial charge in [-0.1, -0.05) is 11.6 Å². The normalized spacial score (nSPS) is 14.1. The van der Waals surface area contributed by atoms with Crippen LogP contribution in [0.15, 0.2) is 48.4 Å². The van der Waals surface area contributed by atoms with E-state index in [9.17, 15) is 4.79 Å². The van der Waals surface area contributed by atoms with Crippen LogP contribution in [0, 0.1) is 0 Å². The van der Waals surface area contributed by atoms with Gasteiger partial charge in [0.25, 0.3) is 5.91 Å². The smallest absolute Gasteiger partial charge is 0.267 e. The van der Waals surface area contributed by atoms with Gasteiger partial charge in [-0.3, -0.25) is 9.36 Å². The number of nitrogens with zero attached hydrogens (tertiary/aromatic N) is 5. The summed E-state index contributed by atoms with van der Waals surface area (Å²) in [6, 6.07) is 7.87. The molecular formula is C18H12ClN5O2S. The minimum absolute atomic E-state index is 0.0906. The molecule has 1 amide bonds. The Morgan fingerprint density at radius 3 is 2.96 bits per heavy atom. The lowest BCUT2D eigenvalue weighted by atomic mass is 10.2. The summed E-state index contributed by atoms with van der Waals surface area (Å²) in [6.45, 7) is 0.717. The van der Waals surface area contributed by atoms with Crippen LogP contribution in [0.2, 0.25) is 5.15 Å². The monoisotopic (exact) mass is 397 g/mol. The molecule has 7 nitrogen and oxygen atoms in total. The Balaban J connectivity index is 1.57. The first-order valence-electron chi connectivity index (χ1n) is 8.18. The number of halogens is 1. The SMILES string of the molecule is O=C1c2c(Cl)ncnc2OCCN1c1ccc2c(ccn2-c2nccs2)c1. The Kier molecular flexibility index (Phi) is 3.80. The fraction of sp³-hybridized carbons (Fsp3) is 0.111. The Hall–Kier alpha value is -2.97. The van der Waals surface area contributed by atoms with Gasteiger partial charge >= 0.3 is 0 Å². The predicted octanol–water partition coefficient (Wildman–Crippen LogP) is 3.57. The molecule has 4 aromatic rings. The molecule has 0 fully saturated rings. The van der Waals surface area contributed by atoms with Crippen molar-refractivity contribution in [2.24, 2.45) is 0 Å². The van der Waals surface area contributed by atoms with Gasteiger partial charge in [-0.2, -0.15) is 0 Å². The van der Waals surface area contributed by atoms with Crippen molar-refractivity contribution >= 4 is 45.4 Å². The molecular weight excluding hydrogens is 386 g/mol. The summed E-state index contributed by atoms with van der Waals surface area (Å²) < 4.78 is 7.61. The summed E-state index contributed by atoms with van der Waals surface area (Å²) in [6.07, 6.45) is 5.04. The molecule has 0 aliphatic carbocycles. The van der Waals surface area contributed by atoms with Crippen LogP contribution in [0.1, 0.15) is 10.4 Å². The Labute approximate surface area is 162 Å². The first-order chi connectivity index (χ1) is 13.2. The summed E-state index contributed by atoms with van der Waals surface area (Å²) in [4.78, 5) is 27.0. The van der Waals surface area contributed by atoms with Gasteiger partial charge in [0.15, 0.2) is 5.13 Å². The van der Waals surface area contributed by atoms with E-state index in [1.807, 2.05) is 40.4 Å². The molecule has 3 aromatic heterocycles. The van der Waals surface area contributed by atoms with E-state index in [4.69, 9.17) is 16.3 Å². The molecule has 0 unspecified atom stereocenters. The molecule has 0 saturated carbocycles. The van der Waals surface area contributed by atoms with Crippen molar-refractivity contribution in [3.05, 3.63) is 59.1 Å². The average Bonchev–Trinajstić information content (AvgIpc) is 3.30. The fourth-order valence-corrected chi connectivity index (χ4v) is 4.00. The van der Waals surface area contributed by atoms with E-state index < -0.39 is 0 Å². The maximum Gasteiger partial charge on any atom is 0.267 e. The molecule has 1 aliphatic heterocycles. The Morgan fingerprint density at radius 2 is 2.11 bits per heavy atom. The number of fused-ring (bicyclic) bond motifs is 2. The summed E-state index contributed by atoms with van der Waals surface area (Å²) in [5, 5.41) is 3.94. The number of carbonyl (C=O) groups is 1. The number of carbonyl (C=O) groups excluding carboxylic acids is 1. The van der Waals surface area contributed by atoms with Crippen molar-refractivity contribution in [3.63, 3.8) is 0 Å². The molecule has 4 heterocycles. The minimum atomic E-state index is -0.271. The number of anilines is 1. The lowest BCUT2D eigenvalue weighted by Gasteiger charge is -2.20. The van der Waals surface area contributed by atoms with Crippen molar-refractivity contribution in [3.8, 4) is 11.0 Å². The van der Waals surface area contributed by atoms with Crippen molar-refractivity contribution in [2.75, 3.05) is 18.1 Å². The summed E-state index contributed by atoms with van der Waals surface area (Å²) in [5.41, 5.74) is 1.98. The van der Waals surface area contributed by atoms with Gasteiger partial charge in [-0.25, -0.2) is 15.0 Å². The van der Waals surface area contributed by atoms with Gasteiger partial charge in [0.1, 0.15) is 23.7 Å². The van der Waals surface area contributed by atoms with E-state index in [-0.39, 0.29) is 22.5 Å². The standard InChI is InChI=1S/C18H12ClN5O2S/c19-15-14-16(22-10-21-15)26-7-6-23(17(14)25)12-1-2-13-11(9-12)3-5-24(13)18-20-4-8-27-18/h1-5,8-10H,6-7H2. The number of hydrogen-bond donors (Lipinski definition) is 0. The third kappa shape index (κ3) is 2.65. The Bertz CT molecular complexity index is 1160. The van der Waals surface area contributed by atoms with Crippen LogP contribution < -0.4 is 9.64 Å². The highest BCUT2D eigenvalue weighted by Crippen LogP contribution is 2.31. The van der Waals surface area contributed by atoms with Crippen molar-refractivity contribution < 1.29 is 9.53 Å². The molecule has 0 saturated heterocycles. The molecule has 27 heavy (non-hydrogen) atoms. The van der Waals surface area contributed by atoms with Crippen molar-refractivity contribution in [1.29, 1.82) is 0 Å². The molecule has 9 heteroatoms. The quantitative estimate of drug-likeness (QED) is 0.483. The Morgan fingerprint density at radius 1 is 1.19 bits per heavy atom. The average molecular weight is 398 g/mol. The largest absolute Gasteiger partial charge is 0.475 e. The van der Waals surface area contributed by atoms with E-state index in [0.29, 0.717) is 13.2 Å². The van der Waals surface area contributed by atoms with Crippen LogP contribution in [0.4, 0.5) is 5.69 Å². The number of benzene rings is 1. The first-order valence-corrected chi connectivity index (χ1v) is 9.44.